The largest absolute Gasteiger partial charge is 0.338 e. The maximum atomic E-state index is 13.1. The lowest BCUT2D eigenvalue weighted by molar-refractivity contribution is 0.0625. The molecule has 0 N–H and O–H groups in total. The number of rotatable bonds is 1. The van der Waals surface area contributed by atoms with Crippen LogP contribution in [0.25, 0.3) is 5.65 Å². The molecule has 1 aliphatic carbocycles. The average molecular weight is 340 g/mol. The van der Waals surface area contributed by atoms with Crippen molar-refractivity contribution >= 4 is 11.6 Å². The highest BCUT2D eigenvalue weighted by atomic mass is 16.2. The highest BCUT2D eigenvalue weighted by Gasteiger charge is 2.28. The number of hydrogen-bond donors (Lipinski definition) is 0. The number of carbonyl (C=O) groups is 1. The van der Waals surface area contributed by atoms with Crippen LogP contribution < -0.4 is 0 Å². The van der Waals surface area contributed by atoms with Crippen molar-refractivity contribution in [1.29, 1.82) is 0 Å². The minimum absolute atomic E-state index is 0.0895. The molecule has 0 spiro atoms. The van der Waals surface area contributed by atoms with Crippen LogP contribution in [0.15, 0.2) is 12.4 Å². The van der Waals surface area contributed by atoms with Gasteiger partial charge < -0.3 is 4.90 Å². The summed E-state index contributed by atoms with van der Waals surface area (Å²) in [6.45, 7) is 6.14. The summed E-state index contributed by atoms with van der Waals surface area (Å²) in [6.07, 6.45) is 12.0. The maximum Gasteiger partial charge on any atom is 0.259 e. The van der Waals surface area contributed by atoms with E-state index >= 15 is 0 Å². The number of nitrogens with zero attached hydrogens (tertiary/aromatic N) is 4. The Hall–Kier alpha value is -1.91. The van der Waals surface area contributed by atoms with E-state index in [-0.39, 0.29) is 5.91 Å². The van der Waals surface area contributed by atoms with E-state index in [2.05, 4.69) is 23.9 Å². The molecule has 2 aliphatic rings. The predicted molar refractivity (Wildman–Crippen MR) is 97.7 cm³/mol. The third-order valence-electron chi connectivity index (χ3n) is 5.71. The molecule has 2 aromatic heterocycles. The van der Waals surface area contributed by atoms with Crippen LogP contribution in [-0.2, 0) is 12.8 Å². The molecule has 0 unspecified atom stereocenters. The number of likely N-dealkylation sites (tertiary alicyclic amines) is 1. The SMILES string of the molecule is C[C@@H]1C[C@@H](C)CN(C(=O)c2cnn3c4c(cnc23)CCCCCC4)C1. The number of carbonyl (C=O) groups excluding carboxylic acids is 1. The molecule has 0 radical (unpaired) electrons. The van der Waals surface area contributed by atoms with Gasteiger partial charge in [-0.05, 0) is 49.5 Å². The van der Waals surface area contributed by atoms with Gasteiger partial charge in [0.2, 0.25) is 0 Å². The van der Waals surface area contributed by atoms with Crippen molar-refractivity contribution in [2.45, 2.75) is 58.8 Å². The normalized spacial score (nSPS) is 24.6. The van der Waals surface area contributed by atoms with Crippen LogP contribution in [0.2, 0.25) is 0 Å². The molecule has 25 heavy (non-hydrogen) atoms. The summed E-state index contributed by atoms with van der Waals surface area (Å²) in [5.74, 6) is 1.21. The van der Waals surface area contributed by atoms with Crippen LogP contribution >= 0.6 is 0 Å². The fourth-order valence-electron chi connectivity index (χ4n) is 4.60. The minimum Gasteiger partial charge on any atom is -0.338 e. The first-order valence-corrected chi connectivity index (χ1v) is 9.77. The van der Waals surface area contributed by atoms with Gasteiger partial charge in [-0.15, -0.1) is 0 Å². The second kappa shape index (κ2) is 6.77. The summed E-state index contributed by atoms with van der Waals surface area (Å²) < 4.78 is 1.94. The van der Waals surface area contributed by atoms with E-state index in [1.165, 1.54) is 43.4 Å². The zero-order valence-electron chi connectivity index (χ0n) is 15.4. The Morgan fingerprint density at radius 2 is 1.76 bits per heavy atom. The van der Waals surface area contributed by atoms with Gasteiger partial charge in [-0.25, -0.2) is 9.50 Å². The van der Waals surface area contributed by atoms with Gasteiger partial charge in [0.15, 0.2) is 5.65 Å². The molecule has 3 heterocycles. The van der Waals surface area contributed by atoms with Crippen molar-refractivity contribution in [3.63, 3.8) is 0 Å². The van der Waals surface area contributed by atoms with E-state index in [4.69, 9.17) is 0 Å². The second-order valence-electron chi connectivity index (χ2n) is 8.09. The van der Waals surface area contributed by atoms with Crippen molar-refractivity contribution in [3.8, 4) is 0 Å². The van der Waals surface area contributed by atoms with E-state index in [0.717, 1.165) is 31.6 Å². The predicted octanol–water partition coefficient (Wildman–Crippen LogP) is 3.51. The molecular formula is C20H28N4O. The fraction of sp³-hybridized carbons (Fsp3) is 0.650. The van der Waals surface area contributed by atoms with Crippen molar-refractivity contribution in [2.24, 2.45) is 11.8 Å². The first-order valence-electron chi connectivity index (χ1n) is 9.77. The molecule has 0 bridgehead atoms. The highest BCUT2D eigenvalue weighted by molar-refractivity contribution is 5.99. The van der Waals surface area contributed by atoms with Crippen molar-refractivity contribution in [3.05, 3.63) is 29.2 Å². The van der Waals surface area contributed by atoms with Crippen LogP contribution in [0.4, 0.5) is 0 Å². The van der Waals surface area contributed by atoms with Crippen LogP contribution in [0, 0.1) is 11.8 Å². The monoisotopic (exact) mass is 340 g/mol. The molecule has 5 heteroatoms. The number of amides is 1. The van der Waals surface area contributed by atoms with Gasteiger partial charge in [-0.3, -0.25) is 4.79 Å². The molecule has 2 atom stereocenters. The number of hydrogen-bond acceptors (Lipinski definition) is 3. The molecular weight excluding hydrogens is 312 g/mol. The zero-order valence-corrected chi connectivity index (χ0v) is 15.4. The van der Waals surface area contributed by atoms with Crippen molar-refractivity contribution in [1.82, 2.24) is 19.5 Å². The lowest BCUT2D eigenvalue weighted by atomic mass is 9.91. The molecule has 2 aromatic rings. The Labute approximate surface area is 149 Å². The fourth-order valence-corrected chi connectivity index (χ4v) is 4.60. The highest BCUT2D eigenvalue weighted by Crippen LogP contribution is 2.25. The molecule has 4 rings (SSSR count). The van der Waals surface area contributed by atoms with Gasteiger partial charge in [0.25, 0.3) is 5.91 Å². The third kappa shape index (κ3) is 3.16. The smallest absolute Gasteiger partial charge is 0.259 e. The van der Waals surface area contributed by atoms with Crippen LogP contribution in [0.1, 0.15) is 67.6 Å². The Bertz CT molecular complexity index is 771. The quantitative estimate of drug-likeness (QED) is 0.798. The zero-order chi connectivity index (χ0) is 17.4. The second-order valence-corrected chi connectivity index (χ2v) is 8.09. The lowest BCUT2D eigenvalue weighted by Gasteiger charge is -2.34. The van der Waals surface area contributed by atoms with E-state index < -0.39 is 0 Å². The summed E-state index contributed by atoms with van der Waals surface area (Å²) in [7, 11) is 0. The molecule has 134 valence electrons. The van der Waals surface area contributed by atoms with Crippen LogP contribution in [0.3, 0.4) is 0 Å². The summed E-state index contributed by atoms with van der Waals surface area (Å²) in [6, 6.07) is 0. The van der Waals surface area contributed by atoms with Gasteiger partial charge in [0.1, 0.15) is 5.56 Å². The third-order valence-corrected chi connectivity index (χ3v) is 5.71. The first-order chi connectivity index (χ1) is 12.1. The van der Waals surface area contributed by atoms with Crippen LogP contribution in [-0.4, -0.2) is 38.5 Å². The molecule has 1 aliphatic heterocycles. The standard InChI is InChI=1S/C20H28N4O/c1-14-9-15(2)13-23(12-14)20(25)17-11-22-24-18-8-6-4-3-5-7-16(18)10-21-19(17)24/h10-11,14-15H,3-9,12-13H2,1-2H3/t14-,15-/m1/s1. The van der Waals surface area contributed by atoms with Gasteiger partial charge in [0, 0.05) is 25.0 Å². The van der Waals surface area contributed by atoms with Crippen molar-refractivity contribution in [2.75, 3.05) is 13.1 Å². The lowest BCUT2D eigenvalue weighted by Crippen LogP contribution is -2.42. The average Bonchev–Trinajstić information content (AvgIpc) is 2.97. The van der Waals surface area contributed by atoms with Crippen LogP contribution in [0.5, 0.6) is 0 Å². The molecule has 1 amide bonds. The van der Waals surface area contributed by atoms with Gasteiger partial charge >= 0.3 is 0 Å². The number of piperidine rings is 1. The molecule has 1 saturated heterocycles. The van der Waals surface area contributed by atoms with Crippen molar-refractivity contribution < 1.29 is 4.79 Å². The summed E-state index contributed by atoms with van der Waals surface area (Å²) in [5, 5.41) is 4.56. The van der Waals surface area contributed by atoms with Gasteiger partial charge in [-0.2, -0.15) is 5.10 Å². The summed E-state index contributed by atoms with van der Waals surface area (Å²) in [5.41, 5.74) is 3.94. The Balaban J connectivity index is 1.69. The number of aryl methyl sites for hydroxylation is 2. The minimum atomic E-state index is 0.0895. The van der Waals surface area contributed by atoms with E-state index in [9.17, 15) is 4.79 Å². The Morgan fingerprint density at radius 1 is 1.04 bits per heavy atom. The molecule has 0 saturated carbocycles. The number of aromatic nitrogens is 3. The first kappa shape index (κ1) is 16.6. The van der Waals surface area contributed by atoms with E-state index in [1.807, 2.05) is 15.6 Å². The van der Waals surface area contributed by atoms with Gasteiger partial charge in [-0.1, -0.05) is 26.7 Å². The maximum absolute atomic E-state index is 13.1. The van der Waals surface area contributed by atoms with E-state index in [1.54, 1.807) is 6.20 Å². The van der Waals surface area contributed by atoms with E-state index in [0.29, 0.717) is 17.4 Å². The summed E-state index contributed by atoms with van der Waals surface area (Å²) in [4.78, 5) is 19.7. The number of fused-ring (bicyclic) bond motifs is 3. The summed E-state index contributed by atoms with van der Waals surface area (Å²) >= 11 is 0. The Morgan fingerprint density at radius 3 is 2.52 bits per heavy atom. The molecule has 5 nitrogen and oxygen atoms in total. The Kier molecular flexibility index (Phi) is 4.48. The molecule has 1 fully saturated rings. The molecule has 0 aromatic carbocycles. The van der Waals surface area contributed by atoms with Gasteiger partial charge in [0.05, 0.1) is 6.20 Å². The topological polar surface area (TPSA) is 50.5 Å².